The molecular weight excluding hydrogens is 312 g/mol. The second-order valence-electron chi connectivity index (χ2n) is 5.24. The molecule has 0 radical (unpaired) electrons. The molecule has 2 aromatic carbocycles. The summed E-state index contributed by atoms with van der Waals surface area (Å²) in [4.78, 5) is 2.50. The van der Waals surface area contributed by atoms with Gasteiger partial charge in [0.1, 0.15) is 0 Å². The van der Waals surface area contributed by atoms with Crippen LogP contribution in [0.2, 0.25) is 0 Å². The molecule has 1 unspecified atom stereocenters. The van der Waals surface area contributed by atoms with Gasteiger partial charge in [-0.05, 0) is 42.2 Å². The zero-order valence-electron chi connectivity index (χ0n) is 11.4. The Balaban J connectivity index is 1.97. The minimum absolute atomic E-state index is 0.475. The fourth-order valence-electron chi connectivity index (χ4n) is 3.07. The van der Waals surface area contributed by atoms with Gasteiger partial charge in [0.15, 0.2) is 0 Å². The third kappa shape index (κ3) is 2.60. The van der Waals surface area contributed by atoms with Gasteiger partial charge in [0, 0.05) is 23.2 Å². The van der Waals surface area contributed by atoms with Gasteiger partial charge in [0.25, 0.3) is 0 Å². The first kappa shape index (κ1) is 13.7. The van der Waals surface area contributed by atoms with Crippen molar-refractivity contribution in [2.45, 2.75) is 25.4 Å². The van der Waals surface area contributed by atoms with E-state index in [1.54, 1.807) is 0 Å². The molecule has 2 N–H and O–H groups in total. The summed E-state index contributed by atoms with van der Waals surface area (Å²) in [6, 6.07) is 17.7. The highest BCUT2D eigenvalue weighted by molar-refractivity contribution is 9.10. The van der Waals surface area contributed by atoms with Crippen molar-refractivity contribution in [2.24, 2.45) is 5.73 Å². The molecule has 1 saturated heterocycles. The number of hydrogen-bond acceptors (Lipinski definition) is 2. The molecule has 0 spiro atoms. The van der Waals surface area contributed by atoms with E-state index >= 15 is 0 Å². The highest BCUT2D eigenvalue weighted by atomic mass is 79.9. The average molecular weight is 331 g/mol. The van der Waals surface area contributed by atoms with Gasteiger partial charge in [0.05, 0.1) is 6.04 Å². The van der Waals surface area contributed by atoms with E-state index in [1.165, 1.54) is 29.7 Å². The van der Waals surface area contributed by atoms with Crippen molar-refractivity contribution in [1.82, 2.24) is 0 Å². The Hall–Kier alpha value is -1.32. The third-order valence-corrected chi connectivity index (χ3v) is 4.50. The van der Waals surface area contributed by atoms with Crippen LogP contribution in [0.3, 0.4) is 0 Å². The van der Waals surface area contributed by atoms with Gasteiger partial charge in [-0.1, -0.05) is 46.3 Å². The van der Waals surface area contributed by atoms with Crippen LogP contribution in [0.25, 0.3) is 0 Å². The number of hydrogen-bond donors (Lipinski definition) is 1. The Bertz CT molecular complexity index is 583. The summed E-state index contributed by atoms with van der Waals surface area (Å²) < 4.78 is 1.09. The maximum absolute atomic E-state index is 5.92. The lowest BCUT2D eigenvalue weighted by molar-refractivity contribution is 0.716. The van der Waals surface area contributed by atoms with Crippen LogP contribution in [0.5, 0.6) is 0 Å². The standard InChI is InChI=1S/C17H19BrN2/c18-15-8-9-17(14(11-15)12-19)20-10-4-7-16(20)13-5-2-1-3-6-13/h1-3,5-6,8-9,11,16H,4,7,10,12,19H2. The van der Waals surface area contributed by atoms with E-state index in [-0.39, 0.29) is 0 Å². The number of halogens is 1. The molecule has 0 aliphatic carbocycles. The van der Waals surface area contributed by atoms with E-state index in [9.17, 15) is 0 Å². The van der Waals surface area contributed by atoms with Crippen molar-refractivity contribution in [3.8, 4) is 0 Å². The Labute approximate surface area is 128 Å². The average Bonchev–Trinajstić information content (AvgIpc) is 2.97. The Morgan fingerprint density at radius 1 is 1.15 bits per heavy atom. The van der Waals surface area contributed by atoms with Crippen molar-refractivity contribution in [3.05, 3.63) is 64.1 Å². The maximum Gasteiger partial charge on any atom is 0.0543 e. The van der Waals surface area contributed by atoms with Gasteiger partial charge in [0.2, 0.25) is 0 Å². The molecule has 1 atom stereocenters. The van der Waals surface area contributed by atoms with E-state index in [0.29, 0.717) is 12.6 Å². The third-order valence-electron chi connectivity index (χ3n) is 4.01. The summed E-state index contributed by atoms with van der Waals surface area (Å²) in [6.45, 7) is 1.68. The van der Waals surface area contributed by atoms with E-state index in [4.69, 9.17) is 5.73 Å². The van der Waals surface area contributed by atoms with Crippen molar-refractivity contribution < 1.29 is 0 Å². The van der Waals surface area contributed by atoms with Gasteiger partial charge >= 0.3 is 0 Å². The second kappa shape index (κ2) is 5.98. The minimum atomic E-state index is 0.475. The van der Waals surface area contributed by atoms with Crippen LogP contribution in [0.1, 0.15) is 30.0 Å². The maximum atomic E-state index is 5.92. The van der Waals surface area contributed by atoms with Gasteiger partial charge in [-0.2, -0.15) is 0 Å². The molecule has 3 heteroatoms. The van der Waals surface area contributed by atoms with Crippen LogP contribution in [0.4, 0.5) is 5.69 Å². The van der Waals surface area contributed by atoms with Gasteiger partial charge in [-0.3, -0.25) is 0 Å². The van der Waals surface area contributed by atoms with E-state index in [2.05, 4.69) is 69.4 Å². The molecule has 3 rings (SSSR count). The number of benzene rings is 2. The smallest absolute Gasteiger partial charge is 0.0543 e. The zero-order valence-corrected chi connectivity index (χ0v) is 13.0. The molecule has 1 aliphatic heterocycles. The molecule has 2 aromatic rings. The fraction of sp³-hybridized carbons (Fsp3) is 0.294. The lowest BCUT2D eigenvalue weighted by Gasteiger charge is -2.29. The van der Waals surface area contributed by atoms with Crippen molar-refractivity contribution >= 4 is 21.6 Å². The molecule has 20 heavy (non-hydrogen) atoms. The van der Waals surface area contributed by atoms with E-state index in [1.807, 2.05) is 0 Å². The van der Waals surface area contributed by atoms with Crippen molar-refractivity contribution in [2.75, 3.05) is 11.4 Å². The Morgan fingerprint density at radius 2 is 1.95 bits per heavy atom. The normalized spacial score (nSPS) is 18.5. The lowest BCUT2D eigenvalue weighted by Crippen LogP contribution is -2.24. The second-order valence-corrected chi connectivity index (χ2v) is 6.15. The summed E-state index contributed by atoms with van der Waals surface area (Å²) in [7, 11) is 0. The fourth-order valence-corrected chi connectivity index (χ4v) is 3.48. The molecule has 1 heterocycles. The quantitative estimate of drug-likeness (QED) is 0.911. The molecule has 1 aliphatic rings. The molecule has 1 fully saturated rings. The highest BCUT2D eigenvalue weighted by Gasteiger charge is 2.27. The topological polar surface area (TPSA) is 29.3 Å². The largest absolute Gasteiger partial charge is 0.364 e. The number of rotatable bonds is 3. The predicted molar refractivity (Wildman–Crippen MR) is 87.8 cm³/mol. The summed E-state index contributed by atoms with van der Waals surface area (Å²) in [6.07, 6.45) is 2.45. The molecule has 0 bridgehead atoms. The number of anilines is 1. The van der Waals surface area contributed by atoms with E-state index in [0.717, 1.165) is 11.0 Å². The first-order valence-corrected chi connectivity index (χ1v) is 7.89. The van der Waals surface area contributed by atoms with Crippen LogP contribution in [-0.4, -0.2) is 6.54 Å². The minimum Gasteiger partial charge on any atom is -0.364 e. The van der Waals surface area contributed by atoms with Crippen LogP contribution in [-0.2, 0) is 6.54 Å². The zero-order chi connectivity index (χ0) is 13.9. The molecule has 104 valence electrons. The molecule has 0 aromatic heterocycles. The van der Waals surface area contributed by atoms with Crippen LogP contribution >= 0.6 is 15.9 Å². The monoisotopic (exact) mass is 330 g/mol. The van der Waals surface area contributed by atoms with Gasteiger partial charge < -0.3 is 10.6 Å². The van der Waals surface area contributed by atoms with Crippen molar-refractivity contribution in [3.63, 3.8) is 0 Å². The first-order chi connectivity index (χ1) is 9.79. The summed E-state index contributed by atoms with van der Waals surface area (Å²) in [5.74, 6) is 0. The Kier molecular flexibility index (Phi) is 4.08. The SMILES string of the molecule is NCc1cc(Br)ccc1N1CCCC1c1ccccc1. The number of nitrogens with two attached hydrogens (primary N) is 1. The van der Waals surface area contributed by atoms with E-state index < -0.39 is 0 Å². The van der Waals surface area contributed by atoms with Gasteiger partial charge in [-0.15, -0.1) is 0 Å². The molecular formula is C17H19BrN2. The molecule has 2 nitrogen and oxygen atoms in total. The lowest BCUT2D eigenvalue weighted by atomic mass is 10.0. The summed E-state index contributed by atoms with van der Waals surface area (Å²) in [5, 5.41) is 0. The predicted octanol–water partition coefficient (Wildman–Crippen LogP) is 4.25. The molecule has 0 amide bonds. The number of nitrogens with zero attached hydrogens (tertiary/aromatic N) is 1. The van der Waals surface area contributed by atoms with Crippen LogP contribution in [0, 0.1) is 0 Å². The summed E-state index contributed by atoms with van der Waals surface area (Å²) >= 11 is 3.53. The first-order valence-electron chi connectivity index (χ1n) is 7.09. The van der Waals surface area contributed by atoms with Crippen molar-refractivity contribution in [1.29, 1.82) is 0 Å². The van der Waals surface area contributed by atoms with Crippen LogP contribution < -0.4 is 10.6 Å². The summed E-state index contributed by atoms with van der Waals surface area (Å²) in [5.41, 5.74) is 9.81. The Morgan fingerprint density at radius 3 is 2.70 bits per heavy atom. The van der Waals surface area contributed by atoms with Gasteiger partial charge in [-0.25, -0.2) is 0 Å². The highest BCUT2D eigenvalue weighted by Crippen LogP contribution is 2.38. The molecule has 0 saturated carbocycles. The van der Waals surface area contributed by atoms with Crippen LogP contribution in [0.15, 0.2) is 53.0 Å².